The average molecular weight is 312 g/mol. The van der Waals surface area contributed by atoms with E-state index in [1.54, 1.807) is 0 Å². The van der Waals surface area contributed by atoms with Gasteiger partial charge in [-0.1, -0.05) is 48.0 Å². The van der Waals surface area contributed by atoms with E-state index in [0.717, 1.165) is 22.0 Å². The predicted molar refractivity (Wildman–Crippen MR) is 75.5 cm³/mol. The van der Waals surface area contributed by atoms with E-state index in [9.17, 15) is 0 Å². The summed E-state index contributed by atoms with van der Waals surface area (Å²) in [6.45, 7) is 4.95. The molecule has 0 amide bonds. The van der Waals surface area contributed by atoms with E-state index in [0.29, 0.717) is 5.92 Å². The quantitative estimate of drug-likeness (QED) is 0.926. The maximum atomic E-state index is 4.44. The van der Waals surface area contributed by atoms with Crippen LogP contribution >= 0.6 is 27.5 Å². The Morgan fingerprint density at radius 2 is 2.12 bits per heavy atom. The summed E-state index contributed by atoms with van der Waals surface area (Å²) in [6.07, 6.45) is 0. The number of benzene rings is 1. The molecule has 0 saturated carbocycles. The summed E-state index contributed by atoms with van der Waals surface area (Å²) >= 11 is 4.94. The van der Waals surface area contributed by atoms with Crippen LogP contribution in [0.1, 0.15) is 31.2 Å². The maximum Gasteiger partial charge on any atom is 0.202 e. The first-order chi connectivity index (χ1) is 8.16. The van der Waals surface area contributed by atoms with Crippen molar-refractivity contribution in [3.63, 3.8) is 0 Å². The lowest BCUT2D eigenvalue weighted by Crippen LogP contribution is -2.00. The third kappa shape index (κ3) is 3.26. The van der Waals surface area contributed by atoms with Crippen molar-refractivity contribution in [2.45, 2.75) is 26.3 Å². The number of hydrogen-bond donors (Lipinski definition) is 1. The Morgan fingerprint density at radius 3 is 2.76 bits per heavy atom. The van der Waals surface area contributed by atoms with Crippen LogP contribution in [0.5, 0.6) is 0 Å². The van der Waals surface area contributed by atoms with E-state index in [-0.39, 0.29) is 0 Å². The van der Waals surface area contributed by atoms with Gasteiger partial charge in [-0.3, -0.25) is 0 Å². The van der Waals surface area contributed by atoms with Gasteiger partial charge >= 0.3 is 0 Å². The first kappa shape index (κ1) is 12.5. The zero-order valence-electron chi connectivity index (χ0n) is 9.77. The Balaban J connectivity index is 2.00. The number of aromatic nitrogens is 2. The first-order valence-electron chi connectivity index (χ1n) is 5.47. The molecule has 0 spiro atoms. The first-order valence-corrected chi connectivity index (χ1v) is 7.04. The molecule has 0 bridgehead atoms. The minimum Gasteiger partial charge on any atom is -0.356 e. The molecule has 0 unspecified atom stereocenters. The highest BCUT2D eigenvalue weighted by Crippen LogP contribution is 2.20. The monoisotopic (exact) mass is 311 g/mol. The summed E-state index contributed by atoms with van der Waals surface area (Å²) in [4.78, 5) is 4.44. The number of nitrogens with zero attached hydrogens (tertiary/aromatic N) is 2. The standard InChI is InChI=1S/C12H14BrN3S/c1-8(2)11-15-12(17-16-11)14-7-9-5-3-4-6-10(9)13/h3-6,8H,7H2,1-2H3,(H,14,15,16). The van der Waals surface area contributed by atoms with Gasteiger partial charge in [0.1, 0.15) is 5.82 Å². The smallest absolute Gasteiger partial charge is 0.202 e. The zero-order chi connectivity index (χ0) is 12.3. The van der Waals surface area contributed by atoms with Crippen molar-refractivity contribution in [2.75, 3.05) is 5.32 Å². The minimum absolute atomic E-state index is 0.380. The predicted octanol–water partition coefficient (Wildman–Crippen LogP) is 4.04. The van der Waals surface area contributed by atoms with Crippen LogP contribution in [0, 0.1) is 0 Å². The number of anilines is 1. The molecule has 5 heteroatoms. The molecule has 0 aliphatic rings. The normalized spacial score (nSPS) is 10.8. The number of hydrogen-bond acceptors (Lipinski definition) is 4. The highest BCUT2D eigenvalue weighted by Gasteiger charge is 2.07. The molecule has 3 nitrogen and oxygen atoms in total. The molecule has 1 aromatic heterocycles. The molecular formula is C12H14BrN3S. The van der Waals surface area contributed by atoms with E-state index < -0.39 is 0 Å². The van der Waals surface area contributed by atoms with Crippen LogP contribution in [0.25, 0.3) is 0 Å². The van der Waals surface area contributed by atoms with Crippen LogP contribution in [-0.4, -0.2) is 9.36 Å². The van der Waals surface area contributed by atoms with Crippen molar-refractivity contribution >= 4 is 32.6 Å². The zero-order valence-corrected chi connectivity index (χ0v) is 12.2. The number of nitrogens with one attached hydrogen (secondary N) is 1. The van der Waals surface area contributed by atoms with Gasteiger partial charge in [-0.2, -0.15) is 4.37 Å². The van der Waals surface area contributed by atoms with Gasteiger partial charge in [0.15, 0.2) is 0 Å². The molecule has 1 N–H and O–H groups in total. The van der Waals surface area contributed by atoms with E-state index in [2.05, 4.69) is 50.5 Å². The van der Waals surface area contributed by atoms with Gasteiger partial charge < -0.3 is 5.32 Å². The lowest BCUT2D eigenvalue weighted by atomic mass is 10.2. The van der Waals surface area contributed by atoms with Crippen molar-refractivity contribution in [1.29, 1.82) is 0 Å². The summed E-state index contributed by atoms with van der Waals surface area (Å²) < 4.78 is 5.42. The van der Waals surface area contributed by atoms with Crippen molar-refractivity contribution in [2.24, 2.45) is 0 Å². The molecule has 2 aromatic rings. The average Bonchev–Trinajstić information content (AvgIpc) is 2.77. The lowest BCUT2D eigenvalue weighted by Gasteiger charge is -2.04. The summed E-state index contributed by atoms with van der Waals surface area (Å²) in [6, 6.07) is 8.16. The summed E-state index contributed by atoms with van der Waals surface area (Å²) in [5, 5.41) is 4.17. The van der Waals surface area contributed by atoms with Crippen LogP contribution in [0.15, 0.2) is 28.7 Å². The molecule has 0 atom stereocenters. The minimum atomic E-state index is 0.380. The van der Waals surface area contributed by atoms with E-state index in [1.807, 2.05) is 18.2 Å². The molecule has 2 rings (SSSR count). The Hall–Kier alpha value is -0.940. The van der Waals surface area contributed by atoms with Crippen molar-refractivity contribution in [3.8, 4) is 0 Å². The Morgan fingerprint density at radius 1 is 1.35 bits per heavy atom. The van der Waals surface area contributed by atoms with Gasteiger partial charge in [0.25, 0.3) is 0 Å². The van der Waals surface area contributed by atoms with Gasteiger partial charge in [0.2, 0.25) is 5.13 Å². The van der Waals surface area contributed by atoms with E-state index in [4.69, 9.17) is 0 Å². The molecule has 17 heavy (non-hydrogen) atoms. The highest BCUT2D eigenvalue weighted by molar-refractivity contribution is 9.10. The molecule has 0 aliphatic carbocycles. The molecule has 0 radical (unpaired) electrons. The third-order valence-electron chi connectivity index (χ3n) is 2.35. The van der Waals surface area contributed by atoms with Gasteiger partial charge in [0, 0.05) is 28.5 Å². The third-order valence-corrected chi connectivity index (χ3v) is 3.81. The molecular weight excluding hydrogens is 298 g/mol. The topological polar surface area (TPSA) is 37.8 Å². The highest BCUT2D eigenvalue weighted by atomic mass is 79.9. The van der Waals surface area contributed by atoms with Crippen molar-refractivity contribution in [3.05, 3.63) is 40.1 Å². The van der Waals surface area contributed by atoms with Crippen LogP contribution in [-0.2, 0) is 6.54 Å². The molecule has 1 heterocycles. The SMILES string of the molecule is CC(C)c1nsc(NCc2ccccc2Br)n1. The van der Waals surface area contributed by atoms with Gasteiger partial charge in [-0.05, 0) is 11.6 Å². The van der Waals surface area contributed by atoms with Crippen LogP contribution in [0.2, 0.25) is 0 Å². The van der Waals surface area contributed by atoms with Crippen LogP contribution in [0.3, 0.4) is 0 Å². The number of rotatable bonds is 4. The van der Waals surface area contributed by atoms with Crippen LogP contribution in [0.4, 0.5) is 5.13 Å². The van der Waals surface area contributed by atoms with Crippen LogP contribution < -0.4 is 5.32 Å². The van der Waals surface area contributed by atoms with E-state index in [1.165, 1.54) is 17.1 Å². The summed E-state index contributed by atoms with van der Waals surface area (Å²) in [5.74, 6) is 1.29. The molecule has 0 saturated heterocycles. The summed E-state index contributed by atoms with van der Waals surface area (Å²) in [5.41, 5.74) is 1.22. The maximum absolute atomic E-state index is 4.44. The Bertz CT molecular complexity index is 496. The van der Waals surface area contributed by atoms with Crippen molar-refractivity contribution < 1.29 is 0 Å². The van der Waals surface area contributed by atoms with E-state index >= 15 is 0 Å². The fraction of sp³-hybridized carbons (Fsp3) is 0.333. The number of halogens is 1. The van der Waals surface area contributed by atoms with Gasteiger partial charge in [-0.25, -0.2) is 4.98 Å². The van der Waals surface area contributed by atoms with Crippen molar-refractivity contribution in [1.82, 2.24) is 9.36 Å². The molecule has 1 aromatic carbocycles. The van der Waals surface area contributed by atoms with Gasteiger partial charge in [-0.15, -0.1) is 0 Å². The second-order valence-corrected chi connectivity index (χ2v) is 5.66. The second-order valence-electron chi connectivity index (χ2n) is 4.06. The second kappa shape index (κ2) is 5.60. The summed E-state index contributed by atoms with van der Waals surface area (Å²) in [7, 11) is 0. The van der Waals surface area contributed by atoms with Gasteiger partial charge in [0.05, 0.1) is 0 Å². The largest absolute Gasteiger partial charge is 0.356 e. The Labute approximate surface area is 114 Å². The molecule has 0 aliphatic heterocycles. The Kier molecular flexibility index (Phi) is 4.12. The molecule has 90 valence electrons. The lowest BCUT2D eigenvalue weighted by molar-refractivity contribution is 0.799. The fourth-order valence-corrected chi connectivity index (χ4v) is 2.48. The fourth-order valence-electron chi connectivity index (χ4n) is 1.35. The molecule has 0 fully saturated rings.